The highest BCUT2D eigenvalue weighted by molar-refractivity contribution is 8.14. The number of benzene rings is 1. The van der Waals surface area contributed by atoms with Crippen molar-refractivity contribution in [1.29, 1.82) is 0 Å². The standard InChI is InChI=1S/C8H7ClN2O2S2/c1-14-6-3-2-5-7(11-4-10-5)8(6)15(9,12)13/h2-4H,1H3,(H,10,11). The molecule has 0 spiro atoms. The third-order valence-electron chi connectivity index (χ3n) is 1.97. The number of hydrogen-bond acceptors (Lipinski definition) is 4. The van der Waals surface area contributed by atoms with Crippen LogP contribution in [0.2, 0.25) is 0 Å². The van der Waals surface area contributed by atoms with Crippen molar-refractivity contribution < 1.29 is 8.42 Å². The van der Waals surface area contributed by atoms with Crippen LogP contribution < -0.4 is 0 Å². The molecule has 4 nitrogen and oxygen atoms in total. The van der Waals surface area contributed by atoms with Crippen LogP contribution in [0.4, 0.5) is 0 Å². The van der Waals surface area contributed by atoms with E-state index in [1.54, 1.807) is 18.4 Å². The second kappa shape index (κ2) is 3.70. The van der Waals surface area contributed by atoms with Crippen molar-refractivity contribution in [2.45, 2.75) is 9.79 Å². The van der Waals surface area contributed by atoms with E-state index in [2.05, 4.69) is 9.97 Å². The minimum absolute atomic E-state index is 0.0791. The minimum Gasteiger partial charge on any atom is -0.345 e. The number of rotatable bonds is 2. The number of fused-ring (bicyclic) bond motifs is 1. The highest BCUT2D eigenvalue weighted by atomic mass is 35.7. The summed E-state index contributed by atoms with van der Waals surface area (Å²) >= 11 is 1.32. The topological polar surface area (TPSA) is 62.8 Å². The summed E-state index contributed by atoms with van der Waals surface area (Å²) < 4.78 is 22.8. The van der Waals surface area contributed by atoms with Gasteiger partial charge < -0.3 is 4.98 Å². The van der Waals surface area contributed by atoms with E-state index in [9.17, 15) is 8.42 Å². The van der Waals surface area contributed by atoms with Crippen LogP contribution in [0, 0.1) is 0 Å². The van der Waals surface area contributed by atoms with Gasteiger partial charge in [0.1, 0.15) is 10.4 Å². The Morgan fingerprint density at radius 1 is 1.47 bits per heavy atom. The molecule has 1 N–H and O–H groups in total. The fourth-order valence-corrected chi connectivity index (χ4v) is 3.73. The Labute approximate surface area is 95.5 Å². The Morgan fingerprint density at radius 3 is 2.80 bits per heavy atom. The Bertz CT molecular complexity index is 606. The van der Waals surface area contributed by atoms with Gasteiger partial charge in [-0.15, -0.1) is 11.8 Å². The number of aromatic amines is 1. The monoisotopic (exact) mass is 262 g/mol. The van der Waals surface area contributed by atoms with Crippen LogP contribution in [0.5, 0.6) is 0 Å². The number of halogens is 1. The molecule has 0 radical (unpaired) electrons. The van der Waals surface area contributed by atoms with E-state index in [1.807, 2.05) is 0 Å². The maximum absolute atomic E-state index is 11.4. The zero-order valence-corrected chi connectivity index (χ0v) is 10.1. The van der Waals surface area contributed by atoms with Gasteiger partial charge in [0.15, 0.2) is 0 Å². The second-order valence-corrected chi connectivity index (χ2v) is 6.18. The van der Waals surface area contributed by atoms with Crippen LogP contribution in [0.3, 0.4) is 0 Å². The van der Waals surface area contributed by atoms with Gasteiger partial charge in [-0.1, -0.05) is 0 Å². The van der Waals surface area contributed by atoms with Gasteiger partial charge in [0.2, 0.25) is 0 Å². The van der Waals surface area contributed by atoms with Gasteiger partial charge in [0, 0.05) is 15.6 Å². The Morgan fingerprint density at radius 2 is 2.20 bits per heavy atom. The maximum atomic E-state index is 11.4. The molecular formula is C8H7ClN2O2S2. The first kappa shape index (κ1) is 10.8. The molecule has 0 amide bonds. The molecule has 2 rings (SSSR count). The lowest BCUT2D eigenvalue weighted by molar-refractivity contribution is 0.608. The van der Waals surface area contributed by atoms with Crippen molar-refractivity contribution in [1.82, 2.24) is 9.97 Å². The molecule has 0 aliphatic carbocycles. The van der Waals surface area contributed by atoms with Gasteiger partial charge in [0.05, 0.1) is 11.8 Å². The average Bonchev–Trinajstić information content (AvgIpc) is 2.61. The second-order valence-electron chi connectivity index (χ2n) is 2.83. The van der Waals surface area contributed by atoms with Gasteiger partial charge in [-0.2, -0.15) is 0 Å². The van der Waals surface area contributed by atoms with Gasteiger partial charge >= 0.3 is 0 Å². The van der Waals surface area contributed by atoms with Crippen LogP contribution in [-0.2, 0) is 9.05 Å². The fourth-order valence-electron chi connectivity index (χ4n) is 1.36. The first-order valence-corrected chi connectivity index (χ1v) is 7.52. The zero-order valence-electron chi connectivity index (χ0n) is 7.69. The Balaban J connectivity index is 2.93. The van der Waals surface area contributed by atoms with Crippen molar-refractivity contribution >= 4 is 42.5 Å². The average molecular weight is 263 g/mol. The smallest absolute Gasteiger partial charge is 0.264 e. The number of aromatic nitrogens is 2. The summed E-state index contributed by atoms with van der Waals surface area (Å²) in [6.07, 6.45) is 3.24. The number of H-pyrrole nitrogens is 1. The molecule has 0 atom stereocenters. The lowest BCUT2D eigenvalue weighted by Gasteiger charge is -2.03. The molecule has 0 fully saturated rings. The summed E-state index contributed by atoms with van der Waals surface area (Å²) in [6.45, 7) is 0. The molecule has 80 valence electrons. The summed E-state index contributed by atoms with van der Waals surface area (Å²) in [5.41, 5.74) is 1.05. The molecule has 1 heterocycles. The van der Waals surface area contributed by atoms with Crippen LogP contribution in [0.25, 0.3) is 11.0 Å². The molecule has 0 saturated heterocycles. The summed E-state index contributed by atoms with van der Waals surface area (Å²) in [5, 5.41) is 0. The van der Waals surface area contributed by atoms with Gasteiger partial charge in [-0.05, 0) is 18.4 Å². The molecule has 0 saturated carbocycles. The molecule has 15 heavy (non-hydrogen) atoms. The third-order valence-corrected chi connectivity index (χ3v) is 4.25. The predicted molar refractivity (Wildman–Crippen MR) is 60.9 cm³/mol. The highest BCUT2D eigenvalue weighted by Crippen LogP contribution is 2.32. The SMILES string of the molecule is CSc1ccc2[nH]cnc2c1S(=O)(=O)Cl. The van der Waals surface area contributed by atoms with Crippen LogP contribution in [-0.4, -0.2) is 24.6 Å². The molecule has 0 unspecified atom stereocenters. The van der Waals surface area contributed by atoms with E-state index in [0.717, 1.165) is 0 Å². The van der Waals surface area contributed by atoms with Crippen molar-refractivity contribution in [3.63, 3.8) is 0 Å². The van der Waals surface area contributed by atoms with Crippen LogP contribution in [0.15, 0.2) is 28.3 Å². The molecular weight excluding hydrogens is 256 g/mol. The number of hydrogen-bond donors (Lipinski definition) is 1. The molecule has 0 aliphatic rings. The number of thioether (sulfide) groups is 1. The number of imidazole rings is 1. The summed E-state index contributed by atoms with van der Waals surface area (Å²) in [7, 11) is 1.61. The van der Waals surface area contributed by atoms with Gasteiger partial charge in [-0.3, -0.25) is 0 Å². The van der Waals surface area contributed by atoms with Crippen molar-refractivity contribution in [2.75, 3.05) is 6.26 Å². The summed E-state index contributed by atoms with van der Waals surface area (Å²) in [4.78, 5) is 7.48. The van der Waals surface area contributed by atoms with Crippen LogP contribution in [0.1, 0.15) is 0 Å². The molecule has 0 bridgehead atoms. The lowest BCUT2D eigenvalue weighted by atomic mass is 10.3. The van der Waals surface area contributed by atoms with Crippen molar-refractivity contribution in [2.24, 2.45) is 0 Å². The third kappa shape index (κ3) is 1.84. The van der Waals surface area contributed by atoms with E-state index in [1.165, 1.54) is 18.1 Å². The normalized spacial score (nSPS) is 12.1. The van der Waals surface area contributed by atoms with Gasteiger partial charge in [0.25, 0.3) is 9.05 Å². The fraction of sp³-hybridized carbons (Fsp3) is 0.125. The first-order chi connectivity index (χ1) is 7.04. The number of nitrogens with zero attached hydrogens (tertiary/aromatic N) is 1. The quantitative estimate of drug-likeness (QED) is 0.666. The first-order valence-electron chi connectivity index (χ1n) is 3.99. The lowest BCUT2D eigenvalue weighted by Crippen LogP contribution is -1.95. The zero-order chi connectivity index (χ0) is 11.1. The van der Waals surface area contributed by atoms with E-state index in [-0.39, 0.29) is 4.90 Å². The minimum atomic E-state index is -3.77. The summed E-state index contributed by atoms with van der Waals surface area (Å²) in [5.74, 6) is 0. The predicted octanol–water partition coefficient (Wildman–Crippen LogP) is 2.21. The van der Waals surface area contributed by atoms with Gasteiger partial charge in [-0.25, -0.2) is 13.4 Å². The summed E-state index contributed by atoms with van der Waals surface area (Å²) in [6, 6.07) is 3.49. The molecule has 1 aromatic carbocycles. The molecule has 7 heteroatoms. The largest absolute Gasteiger partial charge is 0.345 e. The molecule has 1 aromatic heterocycles. The van der Waals surface area contributed by atoms with E-state index < -0.39 is 9.05 Å². The van der Waals surface area contributed by atoms with E-state index in [4.69, 9.17) is 10.7 Å². The van der Waals surface area contributed by atoms with E-state index >= 15 is 0 Å². The molecule has 2 aromatic rings. The van der Waals surface area contributed by atoms with Crippen molar-refractivity contribution in [3.05, 3.63) is 18.5 Å². The number of nitrogens with one attached hydrogen (secondary N) is 1. The Hall–Kier alpha value is -0.720. The molecule has 0 aliphatic heterocycles. The van der Waals surface area contributed by atoms with E-state index in [0.29, 0.717) is 15.9 Å². The van der Waals surface area contributed by atoms with Crippen LogP contribution >= 0.6 is 22.4 Å². The highest BCUT2D eigenvalue weighted by Gasteiger charge is 2.20. The van der Waals surface area contributed by atoms with Crippen molar-refractivity contribution in [3.8, 4) is 0 Å². The maximum Gasteiger partial charge on any atom is 0.264 e. The Kier molecular flexibility index (Phi) is 2.66.